The average molecular weight is 495 g/mol. The number of thiophene rings is 1. The minimum absolute atomic E-state index is 0.0103. The fraction of sp³-hybridized carbons (Fsp3) is 0.167. The largest absolute Gasteiger partial charge is 0.497 e. The Morgan fingerprint density at radius 3 is 2.49 bits per heavy atom. The number of amides is 2. The quantitative estimate of drug-likeness (QED) is 0.323. The van der Waals surface area contributed by atoms with Crippen molar-refractivity contribution >= 4 is 40.0 Å². The molecule has 10 nitrogen and oxygen atoms in total. The van der Waals surface area contributed by atoms with Gasteiger partial charge >= 0.3 is 5.97 Å². The molecule has 0 radical (unpaired) electrons. The predicted molar refractivity (Wildman–Crippen MR) is 130 cm³/mol. The van der Waals surface area contributed by atoms with Crippen molar-refractivity contribution in [2.24, 2.45) is 4.99 Å². The van der Waals surface area contributed by atoms with Crippen molar-refractivity contribution in [3.63, 3.8) is 0 Å². The fourth-order valence-electron chi connectivity index (χ4n) is 3.45. The van der Waals surface area contributed by atoms with Crippen molar-refractivity contribution in [2.75, 3.05) is 12.4 Å². The number of benzene rings is 2. The molecule has 2 amide bonds. The Bertz CT molecular complexity index is 1300. The monoisotopic (exact) mass is 494 g/mol. The number of aliphatic hydroxyl groups is 1. The topological polar surface area (TPSA) is 149 Å². The summed E-state index contributed by atoms with van der Waals surface area (Å²) >= 11 is 1.28. The summed E-state index contributed by atoms with van der Waals surface area (Å²) in [6, 6.07) is 12.9. The van der Waals surface area contributed by atoms with E-state index in [1.807, 2.05) is 24.3 Å². The molecular weight excluding hydrogens is 472 g/mol. The van der Waals surface area contributed by atoms with E-state index in [0.717, 1.165) is 5.56 Å². The van der Waals surface area contributed by atoms with Crippen LogP contribution in [0, 0.1) is 0 Å². The molecule has 1 aliphatic rings. The predicted octanol–water partition coefficient (Wildman–Crippen LogP) is 2.52. The summed E-state index contributed by atoms with van der Waals surface area (Å²) in [5.41, 5.74) is 2.39. The van der Waals surface area contributed by atoms with Crippen LogP contribution in [0.15, 0.2) is 58.9 Å². The highest BCUT2D eigenvalue weighted by Gasteiger charge is 2.27. The number of carboxylic acid groups (broad SMARTS) is 1. The van der Waals surface area contributed by atoms with Gasteiger partial charge in [0.05, 0.1) is 12.7 Å². The third-order valence-corrected chi connectivity index (χ3v) is 6.25. The van der Waals surface area contributed by atoms with Crippen molar-refractivity contribution in [3.8, 4) is 5.75 Å². The molecular formula is C24H22N4O6S. The number of carboxylic acids is 1. The number of hydrogen-bond acceptors (Lipinski definition) is 8. The Morgan fingerprint density at radius 2 is 1.77 bits per heavy atom. The van der Waals surface area contributed by atoms with Gasteiger partial charge in [-0.05, 0) is 52.9 Å². The first kappa shape index (κ1) is 23.9. The van der Waals surface area contributed by atoms with E-state index in [0.29, 0.717) is 27.4 Å². The Morgan fingerprint density at radius 1 is 1.06 bits per heavy atom. The summed E-state index contributed by atoms with van der Waals surface area (Å²) in [5.74, 6) is -1.26. The number of fused-ring (bicyclic) bond motifs is 1. The van der Waals surface area contributed by atoms with E-state index < -0.39 is 18.1 Å². The number of nitrogens with zero attached hydrogens (tertiary/aromatic N) is 1. The number of rotatable bonds is 8. The summed E-state index contributed by atoms with van der Waals surface area (Å²) in [4.78, 5) is 40.0. The van der Waals surface area contributed by atoms with Crippen LogP contribution < -0.4 is 20.7 Å². The first-order valence-corrected chi connectivity index (χ1v) is 11.4. The first-order valence-electron chi connectivity index (χ1n) is 10.5. The molecule has 4 rings (SSSR count). The van der Waals surface area contributed by atoms with Crippen LogP contribution in [0.3, 0.4) is 0 Å². The number of nitrogens with one attached hydrogen (secondary N) is 3. The van der Waals surface area contributed by atoms with Crippen LogP contribution in [0.1, 0.15) is 43.6 Å². The van der Waals surface area contributed by atoms with Crippen LogP contribution in [0.5, 0.6) is 5.75 Å². The van der Waals surface area contributed by atoms with Gasteiger partial charge in [0.25, 0.3) is 11.8 Å². The zero-order valence-electron chi connectivity index (χ0n) is 18.6. The molecule has 180 valence electrons. The van der Waals surface area contributed by atoms with Crippen LogP contribution in [-0.4, -0.2) is 40.9 Å². The molecule has 1 atom stereocenters. The van der Waals surface area contributed by atoms with Gasteiger partial charge in [-0.15, -0.1) is 11.3 Å². The van der Waals surface area contributed by atoms with Gasteiger partial charge in [-0.25, -0.2) is 9.79 Å². The van der Waals surface area contributed by atoms with E-state index in [9.17, 15) is 19.5 Å². The number of aliphatic hydroxyl groups excluding tert-OH is 1. The number of aliphatic imine (C=N–C) groups is 1. The number of carbonyl (C=O) groups is 3. The lowest BCUT2D eigenvalue weighted by Gasteiger charge is -2.20. The SMILES string of the molecule is COc1cccc(CNC(=O)C2=NC(O)c3c(CNC(=O)c4ccc(C(=O)O)cc4)csc3N2)c1. The number of amidine groups is 1. The molecule has 0 aliphatic carbocycles. The molecule has 1 unspecified atom stereocenters. The zero-order chi connectivity index (χ0) is 24.9. The van der Waals surface area contributed by atoms with Crippen LogP contribution in [0.4, 0.5) is 5.00 Å². The lowest BCUT2D eigenvalue weighted by Crippen LogP contribution is -2.37. The Kier molecular flexibility index (Phi) is 7.09. The minimum Gasteiger partial charge on any atom is -0.497 e. The van der Waals surface area contributed by atoms with Crippen molar-refractivity contribution in [1.29, 1.82) is 0 Å². The van der Waals surface area contributed by atoms with Gasteiger partial charge in [0.1, 0.15) is 10.8 Å². The Hall–Kier alpha value is -4.22. The molecule has 0 bridgehead atoms. The minimum atomic E-state index is -1.27. The average Bonchev–Trinajstić information content (AvgIpc) is 3.29. The molecule has 35 heavy (non-hydrogen) atoms. The van der Waals surface area contributed by atoms with Crippen molar-refractivity contribution in [2.45, 2.75) is 19.3 Å². The zero-order valence-corrected chi connectivity index (χ0v) is 19.4. The van der Waals surface area contributed by atoms with Crippen LogP contribution >= 0.6 is 11.3 Å². The maximum Gasteiger partial charge on any atom is 0.335 e. The first-order chi connectivity index (χ1) is 16.9. The van der Waals surface area contributed by atoms with Gasteiger partial charge in [-0.2, -0.15) is 0 Å². The van der Waals surface area contributed by atoms with E-state index in [1.165, 1.54) is 35.6 Å². The van der Waals surface area contributed by atoms with Gasteiger partial charge in [0.2, 0.25) is 0 Å². The molecule has 1 aromatic heterocycles. The highest BCUT2D eigenvalue weighted by atomic mass is 32.1. The molecule has 0 saturated carbocycles. The number of anilines is 1. The number of ether oxygens (including phenoxy) is 1. The number of hydrogen-bond donors (Lipinski definition) is 5. The van der Waals surface area contributed by atoms with E-state index in [1.54, 1.807) is 12.5 Å². The van der Waals surface area contributed by atoms with E-state index >= 15 is 0 Å². The third kappa shape index (κ3) is 5.48. The van der Waals surface area contributed by atoms with Crippen LogP contribution in [-0.2, 0) is 17.9 Å². The molecule has 2 heterocycles. The highest BCUT2D eigenvalue weighted by Crippen LogP contribution is 2.37. The molecule has 3 aromatic rings. The molecule has 11 heteroatoms. The molecule has 1 aliphatic heterocycles. The van der Waals surface area contributed by atoms with E-state index in [4.69, 9.17) is 9.84 Å². The van der Waals surface area contributed by atoms with Crippen molar-refractivity contribution in [1.82, 2.24) is 10.6 Å². The van der Waals surface area contributed by atoms with Gasteiger partial charge < -0.3 is 30.9 Å². The molecule has 0 saturated heterocycles. The van der Waals surface area contributed by atoms with E-state index in [2.05, 4.69) is 20.9 Å². The summed E-state index contributed by atoms with van der Waals surface area (Å²) in [6.45, 7) is 0.381. The van der Waals surface area contributed by atoms with Crippen LogP contribution in [0.25, 0.3) is 0 Å². The normalized spacial score (nSPS) is 14.2. The second kappa shape index (κ2) is 10.4. The van der Waals surface area contributed by atoms with Crippen LogP contribution in [0.2, 0.25) is 0 Å². The summed E-state index contributed by atoms with van der Waals surface area (Å²) < 4.78 is 5.18. The second-order valence-electron chi connectivity index (χ2n) is 7.58. The van der Waals surface area contributed by atoms with Crippen molar-refractivity contribution < 1.29 is 29.3 Å². The Balaban J connectivity index is 1.37. The second-order valence-corrected chi connectivity index (χ2v) is 8.46. The molecule has 0 spiro atoms. The molecule has 5 N–H and O–H groups in total. The maximum atomic E-state index is 12.6. The van der Waals surface area contributed by atoms with Gasteiger partial charge in [-0.3, -0.25) is 9.59 Å². The lowest BCUT2D eigenvalue weighted by molar-refractivity contribution is -0.115. The standard InChI is InChI=1S/C24H22N4O6S/c1-34-17-4-2-3-13(9-17)10-25-22(31)19-27-21(30)18-16(12-35-23(18)28-19)11-26-20(29)14-5-7-15(8-6-14)24(32)33/h2-9,12,21,30H,10-11H2,1H3,(H,25,31)(H,26,29)(H,27,28)(H,32,33). The summed E-state index contributed by atoms with van der Waals surface area (Å²) in [7, 11) is 1.57. The maximum absolute atomic E-state index is 12.6. The number of methoxy groups -OCH3 is 1. The molecule has 0 fully saturated rings. The Labute approximate surface area is 204 Å². The van der Waals surface area contributed by atoms with Gasteiger partial charge in [0.15, 0.2) is 12.1 Å². The number of carbonyl (C=O) groups excluding carboxylic acids is 2. The molecule has 2 aromatic carbocycles. The highest BCUT2D eigenvalue weighted by molar-refractivity contribution is 7.14. The number of aromatic carboxylic acids is 1. The fourth-order valence-corrected chi connectivity index (χ4v) is 4.44. The van der Waals surface area contributed by atoms with Gasteiger partial charge in [-0.1, -0.05) is 12.1 Å². The third-order valence-electron chi connectivity index (χ3n) is 5.29. The van der Waals surface area contributed by atoms with Crippen molar-refractivity contribution in [3.05, 3.63) is 81.7 Å². The summed E-state index contributed by atoms with van der Waals surface area (Å²) in [5, 5.41) is 30.3. The van der Waals surface area contributed by atoms with E-state index in [-0.39, 0.29) is 30.4 Å². The summed E-state index contributed by atoms with van der Waals surface area (Å²) in [6.07, 6.45) is -1.27. The smallest absolute Gasteiger partial charge is 0.335 e. The van der Waals surface area contributed by atoms with Gasteiger partial charge in [0, 0.05) is 24.2 Å². The lowest BCUT2D eigenvalue weighted by atomic mass is 10.1.